The Kier molecular flexibility index (Phi) is 5.55. The van der Waals surface area contributed by atoms with Crippen molar-refractivity contribution in [3.05, 3.63) is 75.3 Å². The van der Waals surface area contributed by atoms with Crippen LogP contribution in [0, 0.1) is 10.1 Å². The van der Waals surface area contributed by atoms with E-state index in [9.17, 15) is 24.8 Å². The second-order valence-electron chi connectivity index (χ2n) is 6.24. The molecule has 3 rings (SSSR count). The summed E-state index contributed by atoms with van der Waals surface area (Å²) in [6.45, 7) is 0.343. The number of nitro groups is 1. The first kappa shape index (κ1) is 19.0. The summed E-state index contributed by atoms with van der Waals surface area (Å²) in [4.78, 5) is 37.3. The fraction of sp³-hybridized carbons (Fsp3) is 0.263. The second-order valence-corrected chi connectivity index (χ2v) is 7.03. The average Bonchev–Trinajstić information content (AvgIpc) is 2.67. The molecule has 7 nitrogen and oxygen atoms in total. The summed E-state index contributed by atoms with van der Waals surface area (Å²) in [6, 6.07) is 12.2. The number of carbonyl (C=O) groups is 2. The second kappa shape index (κ2) is 7.87. The third kappa shape index (κ3) is 3.57. The van der Waals surface area contributed by atoms with E-state index in [0.717, 1.165) is 5.56 Å². The smallest absolute Gasteiger partial charge is 0.313 e. The monoisotopic (exact) mass is 432 g/mol. The predicted octanol–water partition coefficient (Wildman–Crippen LogP) is 3.75. The average molecular weight is 433 g/mol. The van der Waals surface area contributed by atoms with Gasteiger partial charge in [0.25, 0.3) is 11.6 Å². The van der Waals surface area contributed by atoms with E-state index >= 15 is 0 Å². The molecule has 2 aromatic carbocycles. The molecule has 140 valence electrons. The molecular weight excluding hydrogens is 416 g/mol. The first-order valence-electron chi connectivity index (χ1n) is 8.38. The van der Waals surface area contributed by atoms with Gasteiger partial charge in [-0.05, 0) is 17.5 Å². The van der Waals surface area contributed by atoms with E-state index in [1.807, 2.05) is 6.07 Å². The van der Waals surface area contributed by atoms with Gasteiger partial charge in [0.05, 0.1) is 16.5 Å². The maximum absolute atomic E-state index is 13.1. The lowest BCUT2D eigenvalue weighted by Gasteiger charge is -2.40. The molecule has 0 radical (unpaired) electrons. The van der Waals surface area contributed by atoms with Gasteiger partial charge in [-0.1, -0.05) is 52.3 Å². The third-order valence-corrected chi connectivity index (χ3v) is 5.23. The molecule has 2 aromatic rings. The summed E-state index contributed by atoms with van der Waals surface area (Å²) in [5.41, 5.74) is 0.877. The number of hydrogen-bond acceptors (Lipinski definition) is 4. The van der Waals surface area contributed by atoms with Gasteiger partial charge in [0.15, 0.2) is 0 Å². The van der Waals surface area contributed by atoms with Crippen molar-refractivity contribution in [1.82, 2.24) is 4.90 Å². The van der Waals surface area contributed by atoms with Crippen molar-refractivity contribution in [1.29, 1.82) is 0 Å². The van der Waals surface area contributed by atoms with E-state index < -0.39 is 22.9 Å². The Balaban J connectivity index is 2.20. The van der Waals surface area contributed by atoms with Gasteiger partial charge >= 0.3 is 5.97 Å². The lowest BCUT2D eigenvalue weighted by Crippen LogP contribution is -2.45. The lowest BCUT2D eigenvalue weighted by atomic mass is 9.79. The van der Waals surface area contributed by atoms with E-state index in [2.05, 4.69) is 15.9 Å². The molecule has 8 heteroatoms. The van der Waals surface area contributed by atoms with Crippen LogP contribution in [-0.2, 0) is 4.79 Å². The van der Waals surface area contributed by atoms with Crippen molar-refractivity contribution in [3.63, 3.8) is 0 Å². The van der Waals surface area contributed by atoms with Crippen LogP contribution in [0.15, 0.2) is 48.5 Å². The number of benzene rings is 2. The molecule has 2 atom stereocenters. The highest BCUT2D eigenvalue weighted by Crippen LogP contribution is 2.43. The number of alkyl halides is 1. The zero-order valence-corrected chi connectivity index (χ0v) is 15.8. The summed E-state index contributed by atoms with van der Waals surface area (Å²) in [5.74, 6) is -2.47. The summed E-state index contributed by atoms with van der Waals surface area (Å²) in [7, 11) is 0. The first-order valence-corrected chi connectivity index (χ1v) is 9.51. The third-order valence-electron chi connectivity index (χ3n) is 4.67. The molecule has 0 spiro atoms. The Morgan fingerprint density at radius 3 is 2.52 bits per heavy atom. The summed E-state index contributed by atoms with van der Waals surface area (Å²) in [6.07, 6.45) is 0.631. The number of rotatable bonds is 6. The molecule has 0 aliphatic carbocycles. The van der Waals surface area contributed by atoms with Gasteiger partial charge in [0.2, 0.25) is 0 Å². The summed E-state index contributed by atoms with van der Waals surface area (Å²) >= 11 is 3.34. The van der Waals surface area contributed by atoms with Gasteiger partial charge in [-0.3, -0.25) is 19.7 Å². The van der Waals surface area contributed by atoms with E-state index in [0.29, 0.717) is 23.9 Å². The number of fused-ring (bicyclic) bond motifs is 1. The van der Waals surface area contributed by atoms with Crippen LogP contribution in [0.2, 0.25) is 0 Å². The Labute approximate surface area is 163 Å². The van der Waals surface area contributed by atoms with Crippen molar-refractivity contribution < 1.29 is 19.6 Å². The number of halogens is 1. The molecule has 0 unspecified atom stereocenters. The van der Waals surface area contributed by atoms with Gasteiger partial charge in [0.1, 0.15) is 5.92 Å². The van der Waals surface area contributed by atoms with Gasteiger partial charge in [0, 0.05) is 24.0 Å². The summed E-state index contributed by atoms with van der Waals surface area (Å²) < 4.78 is 0. The standard InChI is InChI=1S/C19H17BrN2O5/c20-9-4-10-21-17(12-5-2-1-3-6-12)16(19(24)25)14-8-7-13(22(26)27)11-15(14)18(21)23/h1-3,5-8,11,16-17H,4,9-10H2,(H,24,25)/t16-,17-/m1/s1. The topological polar surface area (TPSA) is 101 Å². The molecule has 27 heavy (non-hydrogen) atoms. The SMILES string of the molecule is O=C(O)[C@@H]1c2ccc([N+](=O)[O-])cc2C(=O)N(CCCBr)[C@@H]1c1ccccc1. The maximum Gasteiger partial charge on any atom is 0.313 e. The number of amides is 1. The number of nitrogens with zero attached hydrogens (tertiary/aromatic N) is 2. The van der Waals surface area contributed by atoms with Crippen LogP contribution >= 0.6 is 15.9 Å². The summed E-state index contributed by atoms with van der Waals surface area (Å²) in [5, 5.41) is 21.7. The van der Waals surface area contributed by atoms with Crippen molar-refractivity contribution in [3.8, 4) is 0 Å². The molecule has 0 saturated heterocycles. The number of non-ortho nitro benzene ring substituents is 1. The zero-order valence-electron chi connectivity index (χ0n) is 14.2. The van der Waals surface area contributed by atoms with Crippen molar-refractivity contribution in [2.45, 2.75) is 18.4 Å². The van der Waals surface area contributed by atoms with Gasteiger partial charge in [-0.15, -0.1) is 0 Å². The van der Waals surface area contributed by atoms with E-state index in [4.69, 9.17) is 0 Å². The Morgan fingerprint density at radius 1 is 1.22 bits per heavy atom. The minimum atomic E-state index is -1.07. The molecule has 1 amide bonds. The molecule has 0 bridgehead atoms. The Bertz CT molecular complexity index is 887. The van der Waals surface area contributed by atoms with Crippen LogP contribution in [0.25, 0.3) is 0 Å². The quantitative estimate of drug-likeness (QED) is 0.425. The van der Waals surface area contributed by atoms with E-state index in [-0.39, 0.29) is 17.2 Å². The molecule has 1 aliphatic heterocycles. The fourth-order valence-corrected chi connectivity index (χ4v) is 3.76. The highest BCUT2D eigenvalue weighted by Gasteiger charge is 2.44. The number of hydrogen-bond donors (Lipinski definition) is 1. The van der Waals surface area contributed by atoms with Gasteiger partial charge in [-0.25, -0.2) is 0 Å². The van der Waals surface area contributed by atoms with Crippen LogP contribution in [0.5, 0.6) is 0 Å². The lowest BCUT2D eigenvalue weighted by molar-refractivity contribution is -0.384. The van der Waals surface area contributed by atoms with Crippen molar-refractivity contribution in [2.75, 3.05) is 11.9 Å². The molecule has 1 heterocycles. The minimum Gasteiger partial charge on any atom is -0.481 e. The van der Waals surface area contributed by atoms with Crippen LogP contribution in [0.4, 0.5) is 5.69 Å². The fourth-order valence-electron chi connectivity index (χ4n) is 3.51. The highest BCUT2D eigenvalue weighted by molar-refractivity contribution is 9.09. The van der Waals surface area contributed by atoms with Crippen LogP contribution in [0.3, 0.4) is 0 Å². The van der Waals surface area contributed by atoms with Gasteiger partial charge in [-0.2, -0.15) is 0 Å². The number of aliphatic carboxylic acids is 1. The maximum atomic E-state index is 13.1. The first-order chi connectivity index (χ1) is 13.0. The van der Waals surface area contributed by atoms with Crippen molar-refractivity contribution >= 4 is 33.5 Å². The van der Waals surface area contributed by atoms with Crippen LogP contribution in [-0.4, -0.2) is 38.7 Å². The van der Waals surface area contributed by atoms with E-state index in [1.165, 1.54) is 23.1 Å². The Hall–Kier alpha value is -2.74. The zero-order chi connectivity index (χ0) is 19.6. The largest absolute Gasteiger partial charge is 0.481 e. The molecule has 0 aromatic heterocycles. The molecule has 0 saturated carbocycles. The molecular formula is C19H17BrN2O5. The van der Waals surface area contributed by atoms with Gasteiger partial charge < -0.3 is 10.0 Å². The van der Waals surface area contributed by atoms with Crippen molar-refractivity contribution in [2.24, 2.45) is 0 Å². The number of carbonyl (C=O) groups excluding carboxylic acids is 1. The number of nitro benzene ring substituents is 1. The predicted molar refractivity (Wildman–Crippen MR) is 102 cm³/mol. The van der Waals surface area contributed by atoms with Crippen LogP contribution in [0.1, 0.15) is 39.9 Å². The molecule has 1 N–H and O–H groups in total. The highest BCUT2D eigenvalue weighted by atomic mass is 79.9. The molecule has 0 fully saturated rings. The molecule has 1 aliphatic rings. The minimum absolute atomic E-state index is 0.0818. The normalized spacial score (nSPS) is 18.9. The Morgan fingerprint density at radius 2 is 1.93 bits per heavy atom. The van der Waals surface area contributed by atoms with E-state index in [1.54, 1.807) is 24.3 Å². The number of carboxylic acids is 1. The number of carboxylic acid groups (broad SMARTS) is 1. The van der Waals surface area contributed by atoms with Crippen LogP contribution < -0.4 is 0 Å².